The van der Waals surface area contributed by atoms with Gasteiger partial charge in [0.1, 0.15) is 5.84 Å². The summed E-state index contributed by atoms with van der Waals surface area (Å²) in [6.45, 7) is 22.2. The Labute approximate surface area is 213 Å². The summed E-state index contributed by atoms with van der Waals surface area (Å²) in [5.74, 6) is 0.911. The normalized spacial score (nSPS) is 12.0. The van der Waals surface area contributed by atoms with Crippen LogP contribution < -0.4 is 5.32 Å². The minimum Gasteiger partial charge on any atom is -0.496 e. The SMILES string of the molecule is C=COC(C)(C)C.C=Cc1ccnn1C1=NCCC(C)=C1.CC.CCc1ccc(NC)c(C=N)c1. The zero-order valence-corrected chi connectivity index (χ0v) is 23.0. The maximum Gasteiger partial charge on any atom is 0.149 e. The van der Waals surface area contributed by atoms with Crippen molar-refractivity contribution in [1.29, 1.82) is 5.41 Å². The number of aryl methyl sites for hydroxylation is 1. The van der Waals surface area contributed by atoms with Crippen LogP contribution in [0.15, 0.2) is 66.5 Å². The molecule has 1 aliphatic heterocycles. The van der Waals surface area contributed by atoms with Crippen LogP contribution in [-0.2, 0) is 11.2 Å². The van der Waals surface area contributed by atoms with E-state index in [9.17, 15) is 0 Å². The molecule has 6 nitrogen and oxygen atoms in total. The van der Waals surface area contributed by atoms with Crippen LogP contribution in [0, 0.1) is 5.41 Å². The fourth-order valence-corrected chi connectivity index (χ4v) is 2.90. The molecule has 0 radical (unpaired) electrons. The molecule has 1 aromatic carbocycles. The fraction of sp³-hybridized carbons (Fsp3) is 0.414. The summed E-state index contributed by atoms with van der Waals surface area (Å²) in [7, 11) is 1.87. The molecule has 0 amide bonds. The van der Waals surface area contributed by atoms with Crippen molar-refractivity contribution in [3.05, 3.63) is 78.4 Å². The summed E-state index contributed by atoms with van der Waals surface area (Å²) >= 11 is 0. The second-order valence-electron chi connectivity index (χ2n) is 8.42. The molecule has 1 aromatic heterocycles. The highest BCUT2D eigenvalue weighted by atomic mass is 16.5. The maximum absolute atomic E-state index is 7.19. The Morgan fingerprint density at radius 3 is 2.34 bits per heavy atom. The Kier molecular flexibility index (Phi) is 15.4. The number of hydrogen-bond acceptors (Lipinski definition) is 5. The molecular formula is C29H45N5O. The van der Waals surface area contributed by atoms with Crippen molar-refractivity contribution < 1.29 is 4.74 Å². The summed E-state index contributed by atoms with van der Waals surface area (Å²) < 4.78 is 6.81. The number of aromatic nitrogens is 2. The lowest BCUT2D eigenvalue weighted by atomic mass is 10.1. The Hall–Kier alpha value is -3.41. The summed E-state index contributed by atoms with van der Waals surface area (Å²) in [6.07, 6.45) is 10.5. The first-order valence-electron chi connectivity index (χ1n) is 12.2. The molecule has 0 fully saturated rings. The molecule has 0 unspecified atom stereocenters. The molecule has 35 heavy (non-hydrogen) atoms. The summed E-state index contributed by atoms with van der Waals surface area (Å²) in [6, 6.07) is 8.06. The summed E-state index contributed by atoms with van der Waals surface area (Å²) in [5, 5.41) is 14.5. The minimum absolute atomic E-state index is 0.0677. The Balaban J connectivity index is 0.000000503. The van der Waals surface area contributed by atoms with Crippen molar-refractivity contribution in [3.63, 3.8) is 0 Å². The Morgan fingerprint density at radius 1 is 1.20 bits per heavy atom. The van der Waals surface area contributed by atoms with Gasteiger partial charge in [-0.15, -0.1) is 0 Å². The van der Waals surface area contributed by atoms with Crippen LogP contribution in [0.25, 0.3) is 6.08 Å². The smallest absolute Gasteiger partial charge is 0.149 e. The number of rotatable bonds is 5. The van der Waals surface area contributed by atoms with Crippen LogP contribution in [-0.4, -0.2) is 41.0 Å². The largest absolute Gasteiger partial charge is 0.496 e. The number of dihydropyridines is 1. The highest BCUT2D eigenvalue weighted by Crippen LogP contribution is 2.15. The molecule has 0 atom stereocenters. The van der Waals surface area contributed by atoms with Gasteiger partial charge in [-0.1, -0.05) is 45.6 Å². The van der Waals surface area contributed by atoms with Gasteiger partial charge in [-0.2, -0.15) is 5.10 Å². The van der Waals surface area contributed by atoms with Crippen molar-refractivity contribution in [2.45, 2.75) is 66.9 Å². The second kappa shape index (κ2) is 17.1. The number of nitrogens with one attached hydrogen (secondary N) is 2. The van der Waals surface area contributed by atoms with E-state index < -0.39 is 0 Å². The predicted octanol–water partition coefficient (Wildman–Crippen LogP) is 7.38. The van der Waals surface area contributed by atoms with Crippen LogP contribution in [0.3, 0.4) is 0 Å². The van der Waals surface area contributed by atoms with E-state index >= 15 is 0 Å². The van der Waals surface area contributed by atoms with Gasteiger partial charge < -0.3 is 15.5 Å². The lowest BCUT2D eigenvalue weighted by Gasteiger charge is -2.16. The molecule has 0 saturated heterocycles. The standard InChI is InChI=1S/C11H13N3.C10H14N2.C6H12O.C2H6/c1-3-10-5-7-13-14(10)11-8-9(2)4-6-12-11;1-3-8-4-5-10(12-2)9(6-8)7-11;1-5-7-6(2,3)4;1-2/h3,5,7-8H,1,4,6H2,2H3;4-7,11-12H,3H2,1-2H3;5H,1H2,2-4H3;1-2H3. The molecule has 0 spiro atoms. The molecule has 2 aromatic rings. The number of nitrogens with zero attached hydrogens (tertiary/aromatic N) is 3. The van der Waals surface area contributed by atoms with Gasteiger partial charge in [0.2, 0.25) is 0 Å². The second-order valence-corrected chi connectivity index (χ2v) is 8.42. The van der Waals surface area contributed by atoms with Gasteiger partial charge in [0, 0.05) is 31.1 Å². The lowest BCUT2D eigenvalue weighted by Crippen LogP contribution is -2.16. The highest BCUT2D eigenvalue weighted by Gasteiger charge is 2.08. The van der Waals surface area contributed by atoms with Gasteiger partial charge in [-0.25, -0.2) is 4.68 Å². The van der Waals surface area contributed by atoms with Gasteiger partial charge in [-0.3, -0.25) is 4.99 Å². The molecule has 3 rings (SSSR count). The zero-order valence-electron chi connectivity index (χ0n) is 23.0. The van der Waals surface area contributed by atoms with Crippen molar-refractivity contribution in [2.75, 3.05) is 18.9 Å². The van der Waals surface area contributed by atoms with E-state index in [-0.39, 0.29) is 5.60 Å². The molecule has 0 saturated carbocycles. The van der Waals surface area contributed by atoms with Gasteiger partial charge in [0.05, 0.1) is 23.8 Å². The Morgan fingerprint density at radius 2 is 1.89 bits per heavy atom. The number of ether oxygens (including phenoxy) is 1. The third kappa shape index (κ3) is 12.0. The molecular weight excluding hydrogens is 434 g/mol. The van der Waals surface area contributed by atoms with Crippen LogP contribution in [0.5, 0.6) is 0 Å². The highest BCUT2D eigenvalue weighted by molar-refractivity contribution is 5.96. The first kappa shape index (κ1) is 31.6. The van der Waals surface area contributed by atoms with Gasteiger partial charge >= 0.3 is 0 Å². The first-order chi connectivity index (χ1) is 16.7. The van der Waals surface area contributed by atoms with Crippen molar-refractivity contribution in [1.82, 2.24) is 9.78 Å². The monoisotopic (exact) mass is 479 g/mol. The number of hydrogen-bond donors (Lipinski definition) is 2. The quantitative estimate of drug-likeness (QED) is 0.347. The third-order valence-corrected chi connectivity index (χ3v) is 4.64. The van der Waals surface area contributed by atoms with Gasteiger partial charge in [0.15, 0.2) is 0 Å². The fourth-order valence-electron chi connectivity index (χ4n) is 2.90. The first-order valence-corrected chi connectivity index (χ1v) is 12.2. The maximum atomic E-state index is 7.19. The zero-order chi connectivity index (χ0) is 26.9. The average Bonchev–Trinajstić information content (AvgIpc) is 3.34. The van der Waals surface area contributed by atoms with E-state index in [2.05, 4.69) is 54.6 Å². The van der Waals surface area contributed by atoms with Crippen molar-refractivity contribution in [3.8, 4) is 0 Å². The third-order valence-electron chi connectivity index (χ3n) is 4.64. The molecule has 2 N–H and O–H groups in total. The van der Waals surface area contributed by atoms with Crippen molar-refractivity contribution in [2.24, 2.45) is 4.99 Å². The average molecular weight is 480 g/mol. The minimum atomic E-state index is -0.0677. The number of allylic oxidation sites excluding steroid dienone is 1. The van der Waals surface area contributed by atoms with Crippen LogP contribution >= 0.6 is 0 Å². The van der Waals surface area contributed by atoms with Crippen LogP contribution in [0.1, 0.15) is 71.7 Å². The Bertz CT molecular complexity index is 977. The van der Waals surface area contributed by atoms with E-state index in [4.69, 9.17) is 10.1 Å². The molecule has 192 valence electrons. The van der Waals surface area contributed by atoms with E-state index in [1.54, 1.807) is 12.3 Å². The van der Waals surface area contributed by atoms with Crippen LogP contribution in [0.2, 0.25) is 0 Å². The molecule has 0 bridgehead atoms. The lowest BCUT2D eigenvalue weighted by molar-refractivity contribution is 0.0775. The number of anilines is 1. The van der Waals surface area contributed by atoms with E-state index in [0.717, 1.165) is 42.2 Å². The summed E-state index contributed by atoms with van der Waals surface area (Å²) in [4.78, 5) is 4.42. The van der Waals surface area contributed by atoms with Crippen LogP contribution in [0.4, 0.5) is 5.69 Å². The topological polar surface area (TPSA) is 75.3 Å². The number of benzene rings is 1. The molecule has 0 aliphatic carbocycles. The predicted molar refractivity (Wildman–Crippen MR) is 154 cm³/mol. The van der Waals surface area contributed by atoms with Gasteiger partial charge in [-0.05, 0) is 76.5 Å². The van der Waals surface area contributed by atoms with Crippen molar-refractivity contribution >= 4 is 23.8 Å². The van der Waals surface area contributed by atoms with E-state index in [1.807, 2.05) is 64.5 Å². The molecule has 6 heteroatoms. The summed E-state index contributed by atoms with van der Waals surface area (Å²) in [5.41, 5.74) is 5.50. The number of aliphatic imine (C=N–C) groups is 1. The molecule has 1 aliphatic rings. The molecule has 2 heterocycles. The van der Waals surface area contributed by atoms with E-state index in [1.165, 1.54) is 23.6 Å². The van der Waals surface area contributed by atoms with E-state index in [0.29, 0.717) is 0 Å². The van der Waals surface area contributed by atoms with Gasteiger partial charge in [0.25, 0.3) is 0 Å².